The molecule has 11 heavy (non-hydrogen) atoms. The quantitative estimate of drug-likeness (QED) is 0.353. The molecular weight excluding hydrogens is 166 g/mol. The van der Waals surface area contributed by atoms with Gasteiger partial charge in [-0.25, -0.2) is 4.99 Å². The maximum Gasteiger partial charge on any atom is 0.293 e. The zero-order valence-corrected chi connectivity index (χ0v) is 6.38. The molecule has 0 saturated heterocycles. The van der Waals surface area contributed by atoms with Crippen LogP contribution in [-0.2, 0) is 4.79 Å². The van der Waals surface area contributed by atoms with Gasteiger partial charge in [0.15, 0.2) is 0 Å². The standard InChI is InChI=1S/C6H6ClN3O/c7-5-2-1-4(10-5)6(11)9-3-8/h2-3H,1H2,(H2,8,9,11). The van der Waals surface area contributed by atoms with Crippen LogP contribution in [0.15, 0.2) is 21.2 Å². The molecular formula is C6H6ClN3O. The van der Waals surface area contributed by atoms with Crippen molar-refractivity contribution in [2.24, 2.45) is 15.7 Å². The highest BCUT2D eigenvalue weighted by molar-refractivity contribution is 6.43. The molecule has 0 atom stereocenters. The van der Waals surface area contributed by atoms with Gasteiger partial charge in [-0.15, -0.1) is 0 Å². The Morgan fingerprint density at radius 3 is 3.09 bits per heavy atom. The molecule has 1 aliphatic heterocycles. The zero-order valence-electron chi connectivity index (χ0n) is 5.62. The Morgan fingerprint density at radius 2 is 2.64 bits per heavy atom. The fraction of sp³-hybridized carbons (Fsp3) is 0.167. The minimum Gasteiger partial charge on any atom is -0.390 e. The first-order valence-electron chi connectivity index (χ1n) is 2.96. The van der Waals surface area contributed by atoms with Crippen LogP contribution in [0.3, 0.4) is 0 Å². The van der Waals surface area contributed by atoms with Crippen LogP contribution in [0.1, 0.15) is 6.42 Å². The molecule has 0 aromatic heterocycles. The second-order valence-corrected chi connectivity index (χ2v) is 2.26. The van der Waals surface area contributed by atoms with E-state index in [9.17, 15) is 4.79 Å². The average Bonchev–Trinajstić information content (AvgIpc) is 2.36. The lowest BCUT2D eigenvalue weighted by Crippen LogP contribution is -2.09. The molecule has 0 fully saturated rings. The lowest BCUT2D eigenvalue weighted by molar-refractivity contribution is -0.111. The van der Waals surface area contributed by atoms with Crippen LogP contribution in [-0.4, -0.2) is 18.0 Å². The number of hydrogen-bond acceptors (Lipinski definition) is 2. The maximum atomic E-state index is 10.9. The van der Waals surface area contributed by atoms with Crippen molar-refractivity contribution in [1.82, 2.24) is 0 Å². The topological polar surface area (TPSA) is 67.8 Å². The highest BCUT2D eigenvalue weighted by atomic mass is 35.5. The van der Waals surface area contributed by atoms with E-state index in [1.165, 1.54) is 0 Å². The number of rotatable bonds is 1. The van der Waals surface area contributed by atoms with Crippen molar-refractivity contribution in [3.63, 3.8) is 0 Å². The number of amides is 1. The molecule has 0 unspecified atom stereocenters. The van der Waals surface area contributed by atoms with Crippen LogP contribution in [0, 0.1) is 0 Å². The molecule has 0 aliphatic carbocycles. The predicted molar refractivity (Wildman–Crippen MR) is 43.7 cm³/mol. The number of allylic oxidation sites excluding steroid dienone is 1. The number of aliphatic imine (C=N–C) groups is 2. The fourth-order valence-corrected chi connectivity index (χ4v) is 0.858. The van der Waals surface area contributed by atoms with E-state index in [1.54, 1.807) is 6.08 Å². The van der Waals surface area contributed by atoms with Gasteiger partial charge in [0.1, 0.15) is 10.9 Å². The second kappa shape index (κ2) is 3.30. The van der Waals surface area contributed by atoms with Gasteiger partial charge in [-0.2, -0.15) is 4.99 Å². The van der Waals surface area contributed by atoms with Crippen molar-refractivity contribution < 1.29 is 4.79 Å². The third-order valence-corrected chi connectivity index (χ3v) is 1.38. The van der Waals surface area contributed by atoms with Gasteiger partial charge in [0, 0.05) is 6.42 Å². The van der Waals surface area contributed by atoms with Crippen molar-refractivity contribution in [2.45, 2.75) is 6.42 Å². The molecule has 0 aromatic rings. The highest BCUT2D eigenvalue weighted by Crippen LogP contribution is 2.14. The van der Waals surface area contributed by atoms with E-state index in [1.807, 2.05) is 0 Å². The minimum absolute atomic E-state index is 0.330. The van der Waals surface area contributed by atoms with E-state index in [0.29, 0.717) is 17.3 Å². The summed E-state index contributed by atoms with van der Waals surface area (Å²) in [6.45, 7) is 0. The number of nitrogens with zero attached hydrogens (tertiary/aromatic N) is 2. The molecule has 2 N–H and O–H groups in total. The van der Waals surface area contributed by atoms with Gasteiger partial charge < -0.3 is 5.73 Å². The van der Waals surface area contributed by atoms with Gasteiger partial charge in [-0.05, 0) is 6.08 Å². The number of halogens is 1. The van der Waals surface area contributed by atoms with E-state index in [4.69, 9.17) is 17.3 Å². The lowest BCUT2D eigenvalue weighted by Gasteiger charge is -1.88. The SMILES string of the molecule is N/C=N\C(=O)C1=NC(Cl)=CC1. The molecule has 0 aromatic carbocycles. The molecule has 1 rings (SSSR count). The Morgan fingerprint density at radius 1 is 1.91 bits per heavy atom. The van der Waals surface area contributed by atoms with E-state index in [-0.39, 0.29) is 0 Å². The van der Waals surface area contributed by atoms with Gasteiger partial charge in [0.25, 0.3) is 5.91 Å². The molecule has 1 heterocycles. The second-order valence-electron chi connectivity index (χ2n) is 1.87. The average molecular weight is 172 g/mol. The predicted octanol–water partition coefficient (Wildman–Crippen LogP) is 0.425. The smallest absolute Gasteiger partial charge is 0.293 e. The third-order valence-electron chi connectivity index (χ3n) is 1.14. The summed E-state index contributed by atoms with van der Waals surface area (Å²) in [7, 11) is 0. The molecule has 4 nitrogen and oxygen atoms in total. The van der Waals surface area contributed by atoms with Crippen LogP contribution < -0.4 is 5.73 Å². The Labute approximate surface area is 68.5 Å². The first-order valence-corrected chi connectivity index (χ1v) is 3.33. The molecule has 0 bridgehead atoms. The monoisotopic (exact) mass is 171 g/mol. The molecule has 0 radical (unpaired) electrons. The Balaban J connectivity index is 2.66. The van der Waals surface area contributed by atoms with Crippen LogP contribution in [0.4, 0.5) is 0 Å². The van der Waals surface area contributed by atoms with Crippen LogP contribution >= 0.6 is 11.6 Å². The first kappa shape index (κ1) is 7.94. The van der Waals surface area contributed by atoms with Crippen LogP contribution in [0.5, 0.6) is 0 Å². The Hall–Kier alpha value is -1.16. The summed E-state index contributed by atoms with van der Waals surface area (Å²) < 4.78 is 0. The number of nitrogens with two attached hydrogens (primary N) is 1. The van der Waals surface area contributed by atoms with E-state index in [2.05, 4.69) is 9.98 Å². The lowest BCUT2D eigenvalue weighted by atomic mass is 10.3. The molecule has 0 saturated carbocycles. The van der Waals surface area contributed by atoms with Crippen molar-refractivity contribution in [2.75, 3.05) is 0 Å². The van der Waals surface area contributed by atoms with Gasteiger partial charge in [0.2, 0.25) is 0 Å². The van der Waals surface area contributed by atoms with Crippen molar-refractivity contribution in [1.29, 1.82) is 0 Å². The van der Waals surface area contributed by atoms with Crippen molar-refractivity contribution >= 4 is 29.6 Å². The summed E-state index contributed by atoms with van der Waals surface area (Å²) in [4.78, 5) is 18.0. The first-order chi connectivity index (χ1) is 5.24. The maximum absolute atomic E-state index is 10.9. The van der Waals surface area contributed by atoms with Gasteiger partial charge >= 0.3 is 0 Å². The molecule has 1 aliphatic rings. The molecule has 0 spiro atoms. The number of hydrogen-bond donors (Lipinski definition) is 1. The fourth-order valence-electron chi connectivity index (χ4n) is 0.678. The summed E-state index contributed by atoms with van der Waals surface area (Å²) in [5.74, 6) is -0.431. The van der Waals surface area contributed by atoms with Crippen LogP contribution in [0.25, 0.3) is 0 Å². The van der Waals surface area contributed by atoms with E-state index >= 15 is 0 Å². The van der Waals surface area contributed by atoms with E-state index < -0.39 is 5.91 Å². The Bertz CT molecular complexity index is 267. The van der Waals surface area contributed by atoms with Gasteiger partial charge in [-0.3, -0.25) is 4.79 Å². The number of carbonyl (C=O) groups is 1. The summed E-state index contributed by atoms with van der Waals surface area (Å²) in [6.07, 6.45) is 3.02. The zero-order chi connectivity index (χ0) is 8.27. The largest absolute Gasteiger partial charge is 0.390 e. The van der Waals surface area contributed by atoms with E-state index in [0.717, 1.165) is 6.34 Å². The summed E-state index contributed by atoms with van der Waals surface area (Å²) >= 11 is 5.49. The summed E-state index contributed by atoms with van der Waals surface area (Å²) in [5, 5.41) is 0.334. The van der Waals surface area contributed by atoms with Crippen molar-refractivity contribution in [3.8, 4) is 0 Å². The van der Waals surface area contributed by atoms with Crippen LogP contribution in [0.2, 0.25) is 0 Å². The normalized spacial score (nSPS) is 16.8. The molecule has 1 amide bonds. The van der Waals surface area contributed by atoms with Gasteiger partial charge in [-0.1, -0.05) is 11.6 Å². The number of carbonyl (C=O) groups excluding carboxylic acids is 1. The summed E-state index contributed by atoms with van der Waals surface area (Å²) in [6, 6.07) is 0. The van der Waals surface area contributed by atoms with Gasteiger partial charge in [0.05, 0.1) is 6.34 Å². The van der Waals surface area contributed by atoms with Crippen molar-refractivity contribution in [3.05, 3.63) is 11.2 Å². The minimum atomic E-state index is -0.431. The highest BCUT2D eigenvalue weighted by Gasteiger charge is 2.13. The summed E-state index contributed by atoms with van der Waals surface area (Å²) in [5.41, 5.74) is 5.24. The molecule has 58 valence electrons. The Kier molecular flexibility index (Phi) is 2.38. The molecule has 5 heteroatoms. The third kappa shape index (κ3) is 1.88.